The van der Waals surface area contributed by atoms with E-state index in [9.17, 15) is 9.59 Å². The third-order valence-electron chi connectivity index (χ3n) is 3.59. The minimum Gasteiger partial charge on any atom is -0.325 e. The molecule has 0 atom stereocenters. The van der Waals surface area contributed by atoms with Gasteiger partial charge in [-0.2, -0.15) is 0 Å². The number of aromatic nitrogens is 1. The second-order valence-corrected chi connectivity index (χ2v) is 5.39. The zero-order valence-corrected chi connectivity index (χ0v) is 11.3. The van der Waals surface area contributed by atoms with Crippen molar-refractivity contribution in [3.05, 3.63) is 28.7 Å². The minimum atomic E-state index is -0.318. The van der Waals surface area contributed by atoms with E-state index in [2.05, 4.69) is 5.32 Å². The molecule has 1 heterocycles. The highest BCUT2D eigenvalue weighted by Crippen LogP contribution is 2.32. The molecule has 0 bridgehead atoms. The van der Waals surface area contributed by atoms with Crippen molar-refractivity contribution in [1.82, 2.24) is 4.57 Å². The van der Waals surface area contributed by atoms with Crippen LogP contribution in [-0.4, -0.2) is 16.0 Å². The molecule has 2 rings (SSSR count). The number of aryl methyl sites for hydroxylation is 1. The van der Waals surface area contributed by atoms with E-state index in [0.717, 1.165) is 25.7 Å². The molecule has 1 amide bonds. The number of nitrogens with zero attached hydrogens (tertiary/aromatic N) is 1. The van der Waals surface area contributed by atoms with Crippen LogP contribution >= 0.6 is 0 Å². The minimum absolute atomic E-state index is 0.0471. The third kappa shape index (κ3) is 3.44. The molecule has 0 aliphatic heterocycles. The summed E-state index contributed by atoms with van der Waals surface area (Å²) in [6.45, 7) is 2.66. The topological polar surface area (TPSA) is 77.1 Å². The molecule has 3 N–H and O–H groups in total. The third-order valence-corrected chi connectivity index (χ3v) is 3.59. The van der Waals surface area contributed by atoms with E-state index in [1.807, 2.05) is 6.92 Å². The van der Waals surface area contributed by atoms with Crippen LogP contribution in [0.3, 0.4) is 0 Å². The lowest BCUT2D eigenvalue weighted by Crippen LogP contribution is -2.48. The number of amides is 1. The first-order chi connectivity index (χ1) is 9.02. The number of hydrogen-bond donors (Lipinski definition) is 2. The van der Waals surface area contributed by atoms with Gasteiger partial charge in [-0.15, -0.1) is 0 Å². The lowest BCUT2D eigenvalue weighted by Gasteiger charge is -2.37. The van der Waals surface area contributed by atoms with Gasteiger partial charge in [-0.3, -0.25) is 9.59 Å². The maximum absolute atomic E-state index is 11.9. The van der Waals surface area contributed by atoms with Gasteiger partial charge in [0.15, 0.2) is 0 Å². The van der Waals surface area contributed by atoms with E-state index < -0.39 is 0 Å². The van der Waals surface area contributed by atoms with Crippen molar-refractivity contribution in [1.29, 1.82) is 0 Å². The lowest BCUT2D eigenvalue weighted by molar-refractivity contribution is -0.118. The van der Waals surface area contributed by atoms with E-state index in [1.54, 1.807) is 16.8 Å². The first kappa shape index (κ1) is 13.8. The summed E-state index contributed by atoms with van der Waals surface area (Å²) in [5, 5.41) is 2.81. The normalized spacial score (nSPS) is 16.7. The Labute approximate surface area is 112 Å². The predicted octanol–water partition coefficient (Wildman–Crippen LogP) is 1.47. The number of nitrogens with two attached hydrogens (primary N) is 1. The molecular formula is C14H21N3O2. The van der Waals surface area contributed by atoms with E-state index >= 15 is 0 Å². The van der Waals surface area contributed by atoms with Gasteiger partial charge in [-0.25, -0.2) is 0 Å². The number of rotatable bonds is 5. The molecule has 1 aliphatic carbocycles. The molecule has 1 aromatic heterocycles. The lowest BCUT2D eigenvalue weighted by atomic mass is 9.75. The summed E-state index contributed by atoms with van der Waals surface area (Å²) < 4.78 is 1.61. The van der Waals surface area contributed by atoms with Gasteiger partial charge >= 0.3 is 0 Å². The average Bonchev–Trinajstić information content (AvgIpc) is 2.31. The second kappa shape index (κ2) is 5.57. The van der Waals surface area contributed by atoms with Gasteiger partial charge in [0.05, 0.1) is 5.69 Å². The molecule has 1 saturated carbocycles. The molecule has 1 fully saturated rings. The van der Waals surface area contributed by atoms with Gasteiger partial charge in [-0.05, 0) is 31.7 Å². The molecular weight excluding hydrogens is 242 g/mol. The standard InChI is InChI=1S/C14H21N3O2/c1-2-8-17-10-11(4-5-13(17)19)16-12(18)9-14(15)6-3-7-14/h4-5,10H,2-3,6-9,15H2,1H3,(H,16,18). The fourth-order valence-corrected chi connectivity index (χ4v) is 2.35. The van der Waals surface area contributed by atoms with Gasteiger partial charge in [0.1, 0.15) is 0 Å². The summed E-state index contributed by atoms with van der Waals surface area (Å²) in [6.07, 6.45) is 5.84. The zero-order valence-electron chi connectivity index (χ0n) is 11.3. The number of nitrogens with one attached hydrogen (secondary N) is 1. The molecule has 5 nitrogen and oxygen atoms in total. The Bertz CT molecular complexity index is 518. The molecule has 5 heteroatoms. The summed E-state index contributed by atoms with van der Waals surface area (Å²) in [5.74, 6) is -0.0797. The highest BCUT2D eigenvalue weighted by atomic mass is 16.1. The molecule has 1 aromatic rings. The Kier molecular flexibility index (Phi) is 4.04. The Morgan fingerprint density at radius 3 is 2.79 bits per heavy atom. The fourth-order valence-electron chi connectivity index (χ4n) is 2.35. The van der Waals surface area contributed by atoms with E-state index in [4.69, 9.17) is 5.73 Å². The summed E-state index contributed by atoms with van der Waals surface area (Å²) in [4.78, 5) is 23.5. The van der Waals surface area contributed by atoms with Crippen molar-refractivity contribution >= 4 is 11.6 Å². The van der Waals surface area contributed by atoms with Crippen molar-refractivity contribution in [2.75, 3.05) is 5.32 Å². The van der Waals surface area contributed by atoms with Crippen molar-refractivity contribution in [2.24, 2.45) is 5.73 Å². The van der Waals surface area contributed by atoms with Crippen LogP contribution in [0.4, 0.5) is 5.69 Å². The van der Waals surface area contributed by atoms with Gasteiger partial charge in [0.2, 0.25) is 5.91 Å². The first-order valence-electron chi connectivity index (χ1n) is 6.82. The Balaban J connectivity index is 2.00. The van der Waals surface area contributed by atoms with Crippen LogP contribution in [0.25, 0.3) is 0 Å². The smallest absolute Gasteiger partial charge is 0.250 e. The fraction of sp³-hybridized carbons (Fsp3) is 0.571. The summed E-state index contributed by atoms with van der Waals surface area (Å²) >= 11 is 0. The average molecular weight is 263 g/mol. The maximum Gasteiger partial charge on any atom is 0.250 e. The Morgan fingerprint density at radius 2 is 2.21 bits per heavy atom. The highest BCUT2D eigenvalue weighted by molar-refractivity contribution is 5.91. The quantitative estimate of drug-likeness (QED) is 0.844. The highest BCUT2D eigenvalue weighted by Gasteiger charge is 2.34. The largest absolute Gasteiger partial charge is 0.325 e. The number of carbonyl (C=O) groups excluding carboxylic acids is 1. The number of hydrogen-bond acceptors (Lipinski definition) is 3. The van der Waals surface area contributed by atoms with Crippen LogP contribution in [0.2, 0.25) is 0 Å². The summed E-state index contributed by atoms with van der Waals surface area (Å²) in [5.41, 5.74) is 6.33. The van der Waals surface area contributed by atoms with Gasteiger partial charge in [0, 0.05) is 30.8 Å². The Morgan fingerprint density at radius 1 is 1.47 bits per heavy atom. The Hall–Kier alpha value is -1.62. The molecule has 19 heavy (non-hydrogen) atoms. The zero-order chi connectivity index (χ0) is 13.9. The number of anilines is 1. The molecule has 0 aromatic carbocycles. The van der Waals surface area contributed by atoms with Crippen molar-refractivity contribution < 1.29 is 4.79 Å². The van der Waals surface area contributed by atoms with Gasteiger partial charge in [-0.1, -0.05) is 6.92 Å². The molecule has 0 unspecified atom stereocenters. The maximum atomic E-state index is 11.9. The van der Waals surface area contributed by atoms with Crippen LogP contribution in [-0.2, 0) is 11.3 Å². The van der Waals surface area contributed by atoms with Crippen LogP contribution in [0.15, 0.2) is 23.1 Å². The van der Waals surface area contributed by atoms with Crippen LogP contribution in [0.5, 0.6) is 0 Å². The number of carbonyl (C=O) groups is 1. The van der Waals surface area contributed by atoms with Crippen LogP contribution in [0.1, 0.15) is 39.0 Å². The van der Waals surface area contributed by atoms with Crippen molar-refractivity contribution in [3.63, 3.8) is 0 Å². The van der Waals surface area contributed by atoms with Gasteiger partial charge < -0.3 is 15.6 Å². The molecule has 104 valence electrons. The number of pyridine rings is 1. The van der Waals surface area contributed by atoms with Crippen molar-refractivity contribution in [2.45, 2.75) is 51.1 Å². The van der Waals surface area contributed by atoms with Crippen LogP contribution in [0, 0.1) is 0 Å². The molecule has 0 radical (unpaired) electrons. The molecule has 1 aliphatic rings. The second-order valence-electron chi connectivity index (χ2n) is 5.39. The molecule has 0 saturated heterocycles. The first-order valence-corrected chi connectivity index (χ1v) is 6.82. The van der Waals surface area contributed by atoms with Crippen LogP contribution < -0.4 is 16.6 Å². The summed E-state index contributed by atoms with van der Waals surface area (Å²) in [7, 11) is 0. The molecule has 0 spiro atoms. The summed E-state index contributed by atoms with van der Waals surface area (Å²) in [6, 6.07) is 3.11. The SMILES string of the molecule is CCCn1cc(NC(=O)CC2(N)CCC2)ccc1=O. The van der Waals surface area contributed by atoms with Crippen molar-refractivity contribution in [3.8, 4) is 0 Å². The monoisotopic (exact) mass is 263 g/mol. The van der Waals surface area contributed by atoms with E-state index in [1.165, 1.54) is 6.07 Å². The van der Waals surface area contributed by atoms with E-state index in [0.29, 0.717) is 18.7 Å². The van der Waals surface area contributed by atoms with E-state index in [-0.39, 0.29) is 17.0 Å². The van der Waals surface area contributed by atoms with Gasteiger partial charge in [0.25, 0.3) is 5.56 Å². The predicted molar refractivity (Wildman–Crippen MR) is 75.0 cm³/mol.